The fourth-order valence-electron chi connectivity index (χ4n) is 2.38. The highest BCUT2D eigenvalue weighted by atomic mass is 16.5. The van der Waals surface area contributed by atoms with Crippen molar-refractivity contribution < 1.29 is 9.84 Å². The van der Waals surface area contributed by atoms with E-state index in [0.29, 0.717) is 12.0 Å². The number of hydrogen-bond acceptors (Lipinski definition) is 4. The lowest BCUT2D eigenvalue weighted by atomic mass is 9.82. The molecule has 1 aliphatic carbocycles. The van der Waals surface area contributed by atoms with Gasteiger partial charge >= 0.3 is 0 Å². The Balaban J connectivity index is 2.25. The Labute approximate surface area is 98.8 Å². The van der Waals surface area contributed by atoms with Gasteiger partial charge in [0.25, 0.3) is 0 Å². The lowest BCUT2D eigenvalue weighted by Gasteiger charge is -2.37. The fraction of sp³-hybridized carbons (Fsp3) is 1.00. The van der Waals surface area contributed by atoms with E-state index in [-0.39, 0.29) is 6.10 Å². The predicted octanol–water partition coefficient (Wildman–Crippen LogP) is 0.443. The van der Waals surface area contributed by atoms with E-state index in [1.807, 2.05) is 0 Å². The molecule has 1 rings (SSSR count). The molecule has 0 saturated heterocycles. The first-order valence-corrected chi connectivity index (χ1v) is 6.24. The molecule has 0 spiro atoms. The molecular weight excluding hydrogens is 204 g/mol. The van der Waals surface area contributed by atoms with Crippen molar-refractivity contribution in [3.8, 4) is 0 Å². The van der Waals surface area contributed by atoms with Crippen LogP contribution in [-0.2, 0) is 4.74 Å². The minimum Gasteiger partial charge on any atom is -0.393 e. The maximum atomic E-state index is 9.25. The van der Waals surface area contributed by atoms with Gasteiger partial charge in [0.05, 0.1) is 12.7 Å². The summed E-state index contributed by atoms with van der Waals surface area (Å²) in [6, 6.07) is 0.464. The monoisotopic (exact) mass is 230 g/mol. The van der Waals surface area contributed by atoms with E-state index < -0.39 is 0 Å². The summed E-state index contributed by atoms with van der Waals surface area (Å²) in [5, 5.41) is 9.25. The molecule has 0 aromatic carbocycles. The molecule has 0 heterocycles. The van der Waals surface area contributed by atoms with Crippen molar-refractivity contribution >= 4 is 0 Å². The molecule has 16 heavy (non-hydrogen) atoms. The van der Waals surface area contributed by atoms with Crippen LogP contribution in [0.15, 0.2) is 0 Å². The summed E-state index contributed by atoms with van der Waals surface area (Å²) in [7, 11) is 3.89. The second-order valence-electron chi connectivity index (χ2n) is 4.97. The van der Waals surface area contributed by atoms with Crippen LogP contribution in [0.2, 0.25) is 0 Å². The van der Waals surface area contributed by atoms with Gasteiger partial charge in [0.1, 0.15) is 0 Å². The van der Waals surface area contributed by atoms with Gasteiger partial charge in [-0.15, -0.1) is 0 Å². The van der Waals surface area contributed by atoms with Crippen LogP contribution in [0.5, 0.6) is 0 Å². The topological polar surface area (TPSA) is 58.7 Å². The van der Waals surface area contributed by atoms with Crippen LogP contribution in [0.1, 0.15) is 25.7 Å². The molecule has 1 saturated carbocycles. The SMILES string of the molecule is COCC(CCCN)N(C)CC1CC(O)C1. The molecule has 3 N–H and O–H groups in total. The molecule has 4 heteroatoms. The molecular formula is C12H26N2O2. The van der Waals surface area contributed by atoms with Crippen LogP contribution in [0.4, 0.5) is 0 Å². The zero-order chi connectivity index (χ0) is 12.0. The molecule has 0 radical (unpaired) electrons. The number of nitrogens with zero attached hydrogens (tertiary/aromatic N) is 1. The second-order valence-corrected chi connectivity index (χ2v) is 4.97. The minimum absolute atomic E-state index is 0.0525. The highest BCUT2D eigenvalue weighted by molar-refractivity contribution is 4.82. The number of rotatable bonds is 8. The lowest BCUT2D eigenvalue weighted by Crippen LogP contribution is -2.43. The van der Waals surface area contributed by atoms with E-state index >= 15 is 0 Å². The van der Waals surface area contributed by atoms with Crippen molar-refractivity contribution in [3.05, 3.63) is 0 Å². The molecule has 0 aromatic heterocycles. The molecule has 4 nitrogen and oxygen atoms in total. The first-order chi connectivity index (χ1) is 7.67. The Morgan fingerprint density at radius 1 is 1.50 bits per heavy atom. The van der Waals surface area contributed by atoms with Crippen molar-refractivity contribution in [3.63, 3.8) is 0 Å². The first-order valence-electron chi connectivity index (χ1n) is 6.24. The molecule has 1 unspecified atom stereocenters. The summed E-state index contributed by atoms with van der Waals surface area (Å²) in [4.78, 5) is 2.36. The van der Waals surface area contributed by atoms with Crippen molar-refractivity contribution in [1.82, 2.24) is 4.90 Å². The van der Waals surface area contributed by atoms with Crippen LogP contribution < -0.4 is 5.73 Å². The summed E-state index contributed by atoms with van der Waals surface area (Å²) in [5.41, 5.74) is 5.54. The Morgan fingerprint density at radius 3 is 2.69 bits per heavy atom. The number of aliphatic hydroxyl groups excluding tert-OH is 1. The van der Waals surface area contributed by atoms with Gasteiger partial charge in [-0.2, -0.15) is 0 Å². The van der Waals surface area contributed by atoms with Crippen molar-refractivity contribution in [2.45, 2.75) is 37.8 Å². The Morgan fingerprint density at radius 2 is 2.19 bits per heavy atom. The highest BCUT2D eigenvalue weighted by Gasteiger charge is 2.29. The van der Waals surface area contributed by atoms with Crippen molar-refractivity contribution in [1.29, 1.82) is 0 Å². The molecule has 96 valence electrons. The summed E-state index contributed by atoms with van der Waals surface area (Å²) in [6.45, 7) is 2.58. The number of methoxy groups -OCH3 is 1. The van der Waals surface area contributed by atoms with Gasteiger partial charge in [0.2, 0.25) is 0 Å². The highest BCUT2D eigenvalue weighted by Crippen LogP contribution is 2.28. The van der Waals surface area contributed by atoms with Gasteiger partial charge in [-0.1, -0.05) is 0 Å². The Kier molecular flexibility index (Phi) is 6.28. The van der Waals surface area contributed by atoms with E-state index in [9.17, 15) is 5.11 Å². The summed E-state index contributed by atoms with van der Waals surface area (Å²) >= 11 is 0. The zero-order valence-electron chi connectivity index (χ0n) is 10.6. The van der Waals surface area contributed by atoms with Crippen LogP contribution in [0, 0.1) is 5.92 Å². The largest absolute Gasteiger partial charge is 0.393 e. The fourth-order valence-corrected chi connectivity index (χ4v) is 2.38. The standard InChI is InChI=1S/C12H26N2O2/c1-14(8-10-6-12(15)7-10)11(9-16-2)4-3-5-13/h10-12,15H,3-9,13H2,1-2H3. The summed E-state index contributed by atoms with van der Waals surface area (Å²) in [5.74, 6) is 0.664. The third kappa shape index (κ3) is 4.37. The Hall–Kier alpha value is -0.160. The average molecular weight is 230 g/mol. The van der Waals surface area contributed by atoms with E-state index in [0.717, 1.165) is 45.4 Å². The van der Waals surface area contributed by atoms with Gasteiger partial charge < -0.3 is 20.5 Å². The first kappa shape index (κ1) is 13.9. The average Bonchev–Trinajstić information content (AvgIpc) is 2.21. The van der Waals surface area contributed by atoms with Gasteiger partial charge in [-0.25, -0.2) is 0 Å². The molecule has 1 atom stereocenters. The number of ether oxygens (including phenoxy) is 1. The molecule has 0 aliphatic heterocycles. The molecule has 1 fully saturated rings. The number of hydrogen-bond donors (Lipinski definition) is 2. The predicted molar refractivity (Wildman–Crippen MR) is 65.3 cm³/mol. The quantitative estimate of drug-likeness (QED) is 0.635. The maximum Gasteiger partial charge on any atom is 0.0617 e. The lowest BCUT2D eigenvalue weighted by molar-refractivity contribution is 0.0122. The van der Waals surface area contributed by atoms with Crippen molar-refractivity contribution in [2.24, 2.45) is 11.7 Å². The van der Waals surface area contributed by atoms with Crippen molar-refractivity contribution in [2.75, 3.05) is 33.9 Å². The number of nitrogens with two attached hydrogens (primary N) is 1. The molecule has 0 bridgehead atoms. The normalized spacial score (nSPS) is 26.8. The van der Waals surface area contributed by atoms with Gasteiger partial charge in [-0.3, -0.25) is 0 Å². The third-order valence-electron chi connectivity index (χ3n) is 3.48. The summed E-state index contributed by atoms with van der Waals surface area (Å²) < 4.78 is 5.24. The van der Waals surface area contributed by atoms with E-state index in [4.69, 9.17) is 10.5 Å². The van der Waals surface area contributed by atoms with Gasteiger partial charge in [0, 0.05) is 19.7 Å². The van der Waals surface area contributed by atoms with Crippen LogP contribution >= 0.6 is 0 Å². The number of aliphatic hydroxyl groups is 1. The smallest absolute Gasteiger partial charge is 0.0617 e. The molecule has 0 aromatic rings. The van der Waals surface area contributed by atoms with Gasteiger partial charge in [-0.05, 0) is 45.2 Å². The van der Waals surface area contributed by atoms with Crippen LogP contribution in [0.3, 0.4) is 0 Å². The van der Waals surface area contributed by atoms with Gasteiger partial charge in [0.15, 0.2) is 0 Å². The van der Waals surface area contributed by atoms with Crippen LogP contribution in [0.25, 0.3) is 0 Å². The van der Waals surface area contributed by atoms with Crippen LogP contribution in [-0.4, -0.2) is 56.0 Å². The van der Waals surface area contributed by atoms with E-state index in [1.165, 1.54) is 0 Å². The Bertz CT molecular complexity index is 184. The van der Waals surface area contributed by atoms with E-state index in [2.05, 4.69) is 11.9 Å². The zero-order valence-corrected chi connectivity index (χ0v) is 10.6. The minimum atomic E-state index is -0.0525. The molecule has 0 amide bonds. The molecule has 1 aliphatic rings. The third-order valence-corrected chi connectivity index (χ3v) is 3.48. The summed E-state index contributed by atoms with van der Waals surface area (Å²) in [6.07, 6.45) is 4.01. The van der Waals surface area contributed by atoms with E-state index in [1.54, 1.807) is 7.11 Å². The number of likely N-dealkylation sites (N-methyl/N-ethyl adjacent to an activating group) is 1. The second kappa shape index (κ2) is 7.22. The maximum absolute atomic E-state index is 9.25.